The Hall–Kier alpha value is 0.620. The summed E-state index contributed by atoms with van der Waals surface area (Å²) in [6.07, 6.45) is 0.996. The van der Waals surface area contributed by atoms with Gasteiger partial charge in [0.05, 0.1) is 3.79 Å². The molecule has 0 fully saturated rings. The van der Waals surface area contributed by atoms with Gasteiger partial charge < -0.3 is 22.7 Å². The maximum absolute atomic E-state index is 5.36. The lowest BCUT2D eigenvalue weighted by atomic mass is 10.3. The smallest absolute Gasteiger partial charge is 0.0701 e. The summed E-state index contributed by atoms with van der Waals surface area (Å²) in [6, 6.07) is 4.15. The molecule has 0 bridgehead atoms. The van der Waals surface area contributed by atoms with E-state index in [0.29, 0.717) is 0 Å². The van der Waals surface area contributed by atoms with Gasteiger partial charge in [-0.05, 0) is 41.0 Å². The summed E-state index contributed by atoms with van der Waals surface area (Å²) < 4.78 is 1.19. The van der Waals surface area contributed by atoms with E-state index in [4.69, 9.17) is 5.73 Å². The summed E-state index contributed by atoms with van der Waals surface area (Å²) in [5.41, 5.74) is 5.36. The lowest BCUT2D eigenvalue weighted by Crippen LogP contribution is -3.00. The van der Waals surface area contributed by atoms with Gasteiger partial charge in [-0.25, -0.2) is 0 Å². The molecular weight excluding hydrogens is 278 g/mol. The molecule has 58 valence electrons. The Bertz CT molecular complexity index is 188. The van der Waals surface area contributed by atoms with E-state index in [1.807, 2.05) is 0 Å². The van der Waals surface area contributed by atoms with E-state index in [0.717, 1.165) is 13.0 Å². The van der Waals surface area contributed by atoms with Crippen LogP contribution in [0.1, 0.15) is 4.88 Å². The first-order chi connectivity index (χ1) is 4.33. The van der Waals surface area contributed by atoms with Crippen molar-refractivity contribution in [1.82, 2.24) is 0 Å². The van der Waals surface area contributed by atoms with Gasteiger partial charge in [0.2, 0.25) is 0 Å². The summed E-state index contributed by atoms with van der Waals surface area (Å²) in [5.74, 6) is 0. The van der Waals surface area contributed by atoms with Crippen LogP contribution in [0.25, 0.3) is 0 Å². The Kier molecular flexibility index (Phi) is 5.62. The highest BCUT2D eigenvalue weighted by atomic mass is 79.9. The number of hydrogen-bond donors (Lipinski definition) is 1. The van der Waals surface area contributed by atoms with Crippen LogP contribution in [0.4, 0.5) is 0 Å². The average molecular weight is 286 g/mol. The summed E-state index contributed by atoms with van der Waals surface area (Å²) in [5, 5.41) is 0. The number of nitrogens with two attached hydrogens (primary N) is 1. The van der Waals surface area contributed by atoms with Gasteiger partial charge in [-0.3, -0.25) is 0 Å². The molecule has 0 aromatic carbocycles. The minimum atomic E-state index is 0. The highest BCUT2D eigenvalue weighted by molar-refractivity contribution is 9.11. The molecule has 0 saturated heterocycles. The van der Waals surface area contributed by atoms with Crippen molar-refractivity contribution in [2.45, 2.75) is 6.42 Å². The third-order valence-electron chi connectivity index (χ3n) is 1.02. The first-order valence-electron chi connectivity index (χ1n) is 2.77. The molecule has 0 radical (unpaired) electrons. The molecule has 0 aliphatic heterocycles. The van der Waals surface area contributed by atoms with E-state index in [1.165, 1.54) is 8.66 Å². The number of hydrogen-bond acceptors (Lipinski definition) is 2. The normalized spacial score (nSPS) is 9.00. The zero-order valence-corrected chi connectivity index (χ0v) is 9.30. The summed E-state index contributed by atoms with van der Waals surface area (Å²) in [6.45, 7) is 0.743. The number of halogens is 2. The Morgan fingerprint density at radius 1 is 1.50 bits per heavy atom. The quantitative estimate of drug-likeness (QED) is 0.743. The minimum absolute atomic E-state index is 0. The molecule has 0 aliphatic carbocycles. The average Bonchev–Trinajstić information content (AvgIpc) is 2.17. The molecule has 1 heterocycles. The molecule has 0 unspecified atom stereocenters. The molecule has 1 rings (SSSR count). The van der Waals surface area contributed by atoms with Crippen molar-refractivity contribution in [3.8, 4) is 0 Å². The first kappa shape index (κ1) is 10.6. The van der Waals surface area contributed by atoms with Gasteiger partial charge in [-0.1, -0.05) is 0 Å². The molecule has 10 heavy (non-hydrogen) atoms. The second-order valence-corrected chi connectivity index (χ2v) is 4.29. The van der Waals surface area contributed by atoms with E-state index < -0.39 is 0 Å². The van der Waals surface area contributed by atoms with Crippen LogP contribution in [0, 0.1) is 0 Å². The Balaban J connectivity index is 0.000000810. The maximum Gasteiger partial charge on any atom is 0.0701 e. The first-order valence-corrected chi connectivity index (χ1v) is 4.38. The maximum atomic E-state index is 5.36. The zero-order valence-electron chi connectivity index (χ0n) is 5.31. The van der Waals surface area contributed by atoms with Crippen molar-refractivity contribution in [3.05, 3.63) is 20.8 Å². The Labute approximate surface area is 83.5 Å². The van der Waals surface area contributed by atoms with Crippen LogP contribution in [0.2, 0.25) is 0 Å². The predicted octanol–water partition coefficient (Wildman–Crippen LogP) is -0.984. The molecule has 0 spiro atoms. The predicted molar refractivity (Wildman–Crippen MR) is 44.8 cm³/mol. The van der Waals surface area contributed by atoms with Gasteiger partial charge in [-0.2, -0.15) is 0 Å². The van der Waals surface area contributed by atoms with Crippen molar-refractivity contribution >= 4 is 27.3 Å². The van der Waals surface area contributed by atoms with E-state index >= 15 is 0 Å². The van der Waals surface area contributed by atoms with Crippen LogP contribution < -0.4 is 22.7 Å². The van der Waals surface area contributed by atoms with Crippen molar-refractivity contribution in [3.63, 3.8) is 0 Å². The Morgan fingerprint density at radius 2 is 2.20 bits per heavy atom. The fraction of sp³-hybridized carbons (Fsp3) is 0.333. The minimum Gasteiger partial charge on any atom is -1.00 e. The van der Waals surface area contributed by atoms with Crippen molar-refractivity contribution < 1.29 is 17.0 Å². The van der Waals surface area contributed by atoms with Gasteiger partial charge in [-0.15, -0.1) is 11.3 Å². The van der Waals surface area contributed by atoms with Gasteiger partial charge in [0, 0.05) is 4.88 Å². The molecule has 4 heteroatoms. The van der Waals surface area contributed by atoms with E-state index in [9.17, 15) is 0 Å². The Morgan fingerprint density at radius 3 is 2.60 bits per heavy atom. The van der Waals surface area contributed by atoms with Crippen molar-refractivity contribution in [2.24, 2.45) is 5.73 Å². The van der Waals surface area contributed by atoms with Crippen LogP contribution in [0.15, 0.2) is 15.9 Å². The monoisotopic (exact) mass is 284 g/mol. The fourth-order valence-electron chi connectivity index (χ4n) is 0.628. The highest BCUT2D eigenvalue weighted by Gasteiger charge is 1.93. The van der Waals surface area contributed by atoms with Crippen molar-refractivity contribution in [1.29, 1.82) is 0 Å². The third kappa shape index (κ3) is 3.14. The molecule has 0 amide bonds. The summed E-state index contributed by atoms with van der Waals surface area (Å²) in [7, 11) is 0. The molecule has 1 aromatic heterocycles. The molecule has 0 atom stereocenters. The largest absolute Gasteiger partial charge is 1.00 e. The molecule has 1 nitrogen and oxygen atoms in total. The number of thiophene rings is 1. The lowest BCUT2D eigenvalue weighted by molar-refractivity contribution is -0.00000175. The standard InChI is InChI=1S/C6H8BrNS.BrH/c7-6-2-1-5(9-6)3-4-8;/h1-2H,3-4,8H2;1H/p-1. The SMILES string of the molecule is NCCc1ccc(Br)s1.[Br-]. The van der Waals surface area contributed by atoms with Crippen LogP contribution in [0.3, 0.4) is 0 Å². The van der Waals surface area contributed by atoms with Crippen LogP contribution >= 0.6 is 27.3 Å². The third-order valence-corrected chi connectivity index (χ3v) is 2.70. The van der Waals surface area contributed by atoms with Crippen molar-refractivity contribution in [2.75, 3.05) is 6.54 Å². The van der Waals surface area contributed by atoms with Crippen LogP contribution in [-0.4, -0.2) is 6.54 Å². The topological polar surface area (TPSA) is 26.0 Å². The van der Waals surface area contributed by atoms with Gasteiger partial charge in [0.25, 0.3) is 0 Å². The van der Waals surface area contributed by atoms with E-state index in [2.05, 4.69) is 28.1 Å². The van der Waals surface area contributed by atoms with Gasteiger partial charge in [0.15, 0.2) is 0 Å². The summed E-state index contributed by atoms with van der Waals surface area (Å²) >= 11 is 5.13. The van der Waals surface area contributed by atoms with Gasteiger partial charge >= 0.3 is 0 Å². The zero-order chi connectivity index (χ0) is 6.69. The van der Waals surface area contributed by atoms with Crippen LogP contribution in [0.5, 0.6) is 0 Å². The summed E-state index contributed by atoms with van der Waals surface area (Å²) in [4.78, 5) is 1.35. The fourth-order valence-corrected chi connectivity index (χ4v) is 2.13. The second kappa shape index (κ2) is 5.29. The second-order valence-electron chi connectivity index (χ2n) is 1.74. The van der Waals surface area contributed by atoms with Gasteiger partial charge in [0.1, 0.15) is 0 Å². The molecule has 0 saturated carbocycles. The molecule has 0 aliphatic rings. The highest BCUT2D eigenvalue weighted by Crippen LogP contribution is 2.21. The molecule has 2 N–H and O–H groups in total. The lowest BCUT2D eigenvalue weighted by Gasteiger charge is -1.86. The number of rotatable bonds is 2. The molecule has 1 aromatic rings. The van der Waals surface area contributed by atoms with Crippen LogP contribution in [-0.2, 0) is 6.42 Å². The molecular formula is C6H8Br2NS-. The van der Waals surface area contributed by atoms with E-state index in [-0.39, 0.29) is 17.0 Å². The van der Waals surface area contributed by atoms with E-state index in [1.54, 1.807) is 11.3 Å².